The van der Waals surface area contributed by atoms with E-state index in [1.165, 1.54) is 6.20 Å². The van der Waals surface area contributed by atoms with E-state index in [-0.39, 0.29) is 5.91 Å². The van der Waals surface area contributed by atoms with Crippen molar-refractivity contribution in [2.45, 2.75) is 25.3 Å². The number of carbonyl (C=O) groups excluding carboxylic acids is 1. The molecule has 0 bridgehead atoms. The van der Waals surface area contributed by atoms with Gasteiger partial charge in [0.25, 0.3) is 5.91 Å². The van der Waals surface area contributed by atoms with E-state index < -0.39 is 0 Å². The zero-order chi connectivity index (χ0) is 13.0. The quantitative estimate of drug-likeness (QED) is 0.891. The zero-order valence-electron chi connectivity index (χ0n) is 10.5. The molecule has 1 saturated heterocycles. The Morgan fingerprint density at radius 3 is 3.00 bits per heavy atom. The first kappa shape index (κ1) is 13.3. The first-order valence-corrected chi connectivity index (χ1v) is 6.65. The molecule has 1 fully saturated rings. The van der Waals surface area contributed by atoms with E-state index in [1.54, 1.807) is 12.1 Å². The molecule has 1 unspecified atom stereocenters. The lowest BCUT2D eigenvalue weighted by molar-refractivity contribution is 0.0714. The van der Waals surface area contributed by atoms with Crippen molar-refractivity contribution in [1.82, 2.24) is 15.2 Å². The molecule has 98 valence electrons. The summed E-state index contributed by atoms with van der Waals surface area (Å²) < 4.78 is 0. The van der Waals surface area contributed by atoms with E-state index in [9.17, 15) is 4.79 Å². The molecule has 1 atom stereocenters. The molecular formula is C13H18ClN3O. The van der Waals surface area contributed by atoms with Crippen molar-refractivity contribution in [2.75, 3.05) is 20.1 Å². The number of hydrogen-bond donors (Lipinski definition) is 1. The van der Waals surface area contributed by atoms with Crippen molar-refractivity contribution in [3.8, 4) is 0 Å². The fraction of sp³-hybridized carbons (Fsp3) is 0.538. The second-order valence-electron chi connectivity index (χ2n) is 4.61. The first-order chi connectivity index (χ1) is 8.68. The Labute approximate surface area is 112 Å². The van der Waals surface area contributed by atoms with E-state index in [4.69, 9.17) is 11.6 Å². The van der Waals surface area contributed by atoms with Crippen LogP contribution in [0.4, 0.5) is 0 Å². The van der Waals surface area contributed by atoms with Gasteiger partial charge in [-0.2, -0.15) is 0 Å². The third-order valence-corrected chi connectivity index (χ3v) is 3.58. The van der Waals surface area contributed by atoms with Crippen LogP contribution in [0.25, 0.3) is 0 Å². The fourth-order valence-electron chi connectivity index (χ4n) is 2.24. The topological polar surface area (TPSA) is 45.2 Å². The Hall–Kier alpha value is -1.13. The number of pyridine rings is 1. The number of rotatable bonds is 2. The lowest BCUT2D eigenvalue weighted by Crippen LogP contribution is -2.38. The maximum atomic E-state index is 12.3. The molecule has 0 spiro atoms. The molecule has 0 aromatic carbocycles. The highest BCUT2D eigenvalue weighted by molar-refractivity contribution is 6.30. The molecule has 5 heteroatoms. The monoisotopic (exact) mass is 267 g/mol. The molecular weight excluding hydrogens is 250 g/mol. The number of nitrogens with zero attached hydrogens (tertiary/aromatic N) is 2. The van der Waals surface area contributed by atoms with Crippen LogP contribution in [0.2, 0.25) is 5.02 Å². The van der Waals surface area contributed by atoms with E-state index in [2.05, 4.69) is 10.3 Å². The van der Waals surface area contributed by atoms with Gasteiger partial charge in [-0.3, -0.25) is 4.79 Å². The number of hydrogen-bond acceptors (Lipinski definition) is 3. The van der Waals surface area contributed by atoms with Crippen LogP contribution in [0.1, 0.15) is 29.8 Å². The third kappa shape index (κ3) is 3.21. The highest BCUT2D eigenvalue weighted by atomic mass is 35.5. The van der Waals surface area contributed by atoms with Crippen molar-refractivity contribution in [3.05, 3.63) is 29.0 Å². The molecule has 1 aliphatic heterocycles. The molecule has 1 N–H and O–H groups in total. The number of aromatic nitrogens is 1. The van der Waals surface area contributed by atoms with Crippen LogP contribution in [-0.4, -0.2) is 42.0 Å². The summed E-state index contributed by atoms with van der Waals surface area (Å²) in [5.41, 5.74) is 0.458. The Balaban J connectivity index is 2.05. The molecule has 2 heterocycles. The van der Waals surface area contributed by atoms with Crippen LogP contribution in [-0.2, 0) is 0 Å². The minimum absolute atomic E-state index is 0.0291. The van der Waals surface area contributed by atoms with Gasteiger partial charge in [-0.1, -0.05) is 11.6 Å². The first-order valence-electron chi connectivity index (χ1n) is 6.28. The van der Waals surface area contributed by atoms with Crippen molar-refractivity contribution >= 4 is 17.5 Å². The van der Waals surface area contributed by atoms with Crippen LogP contribution in [0.5, 0.6) is 0 Å². The summed E-state index contributed by atoms with van der Waals surface area (Å²) in [6.07, 6.45) is 4.66. The number of amides is 1. The smallest absolute Gasteiger partial charge is 0.272 e. The van der Waals surface area contributed by atoms with Crippen LogP contribution in [0, 0.1) is 0 Å². The Kier molecular flexibility index (Phi) is 4.55. The molecule has 2 rings (SSSR count). The molecule has 4 nitrogen and oxygen atoms in total. The van der Waals surface area contributed by atoms with Gasteiger partial charge < -0.3 is 10.2 Å². The zero-order valence-corrected chi connectivity index (χ0v) is 11.3. The van der Waals surface area contributed by atoms with Crippen LogP contribution in [0.15, 0.2) is 18.3 Å². The average Bonchev–Trinajstić information content (AvgIpc) is 2.67. The van der Waals surface area contributed by atoms with E-state index in [1.807, 2.05) is 11.9 Å². The van der Waals surface area contributed by atoms with Gasteiger partial charge >= 0.3 is 0 Å². The van der Waals surface area contributed by atoms with Gasteiger partial charge in [0.2, 0.25) is 0 Å². The molecule has 0 saturated carbocycles. The molecule has 1 aliphatic rings. The molecule has 18 heavy (non-hydrogen) atoms. The highest BCUT2D eigenvalue weighted by Gasteiger charge is 2.22. The Morgan fingerprint density at radius 2 is 2.28 bits per heavy atom. The predicted octanol–water partition coefficient (Wildman–Crippen LogP) is 1.95. The van der Waals surface area contributed by atoms with Gasteiger partial charge in [0.1, 0.15) is 5.69 Å². The minimum Gasteiger partial charge on any atom is -0.337 e. The van der Waals surface area contributed by atoms with Crippen LogP contribution in [0.3, 0.4) is 0 Å². The van der Waals surface area contributed by atoms with Gasteiger partial charge in [-0.25, -0.2) is 4.98 Å². The number of halogens is 1. The summed E-state index contributed by atoms with van der Waals surface area (Å²) in [7, 11) is 1.86. The van der Waals surface area contributed by atoms with Gasteiger partial charge in [0.05, 0.1) is 5.02 Å². The summed E-state index contributed by atoms with van der Waals surface area (Å²) in [4.78, 5) is 18.2. The number of nitrogens with one attached hydrogen (secondary N) is 1. The summed E-state index contributed by atoms with van der Waals surface area (Å²) in [6.45, 7) is 2.01. The standard InChI is InChI=1S/C13H18ClN3O/c1-17(11-3-2-7-15-8-6-11)13(18)12-5-4-10(14)9-16-12/h4-5,9,11,15H,2-3,6-8H2,1H3. The average molecular weight is 268 g/mol. The second kappa shape index (κ2) is 6.16. The lowest BCUT2D eigenvalue weighted by Gasteiger charge is -2.26. The van der Waals surface area contributed by atoms with Crippen molar-refractivity contribution in [2.24, 2.45) is 0 Å². The third-order valence-electron chi connectivity index (χ3n) is 3.36. The SMILES string of the molecule is CN(C(=O)c1ccc(Cl)cn1)C1CCCNCC1. The van der Waals surface area contributed by atoms with Gasteiger partial charge in [-0.15, -0.1) is 0 Å². The second-order valence-corrected chi connectivity index (χ2v) is 5.05. The molecule has 1 amide bonds. The normalized spacial score (nSPS) is 20.2. The predicted molar refractivity (Wildman–Crippen MR) is 71.8 cm³/mol. The Bertz CT molecular complexity index is 399. The van der Waals surface area contributed by atoms with Crippen molar-refractivity contribution in [3.63, 3.8) is 0 Å². The maximum absolute atomic E-state index is 12.3. The van der Waals surface area contributed by atoms with Gasteiger partial charge in [0, 0.05) is 19.3 Å². The molecule has 1 aromatic rings. The maximum Gasteiger partial charge on any atom is 0.272 e. The fourth-order valence-corrected chi connectivity index (χ4v) is 2.35. The number of carbonyl (C=O) groups is 1. The molecule has 1 aromatic heterocycles. The van der Waals surface area contributed by atoms with Crippen LogP contribution < -0.4 is 5.32 Å². The largest absolute Gasteiger partial charge is 0.337 e. The van der Waals surface area contributed by atoms with E-state index in [0.29, 0.717) is 16.8 Å². The van der Waals surface area contributed by atoms with Crippen molar-refractivity contribution < 1.29 is 4.79 Å². The minimum atomic E-state index is -0.0291. The van der Waals surface area contributed by atoms with E-state index >= 15 is 0 Å². The van der Waals surface area contributed by atoms with Crippen LogP contribution >= 0.6 is 11.6 Å². The Morgan fingerprint density at radius 1 is 1.44 bits per heavy atom. The summed E-state index contributed by atoms with van der Waals surface area (Å²) in [5, 5.41) is 3.90. The summed E-state index contributed by atoms with van der Waals surface area (Å²) >= 11 is 5.77. The van der Waals surface area contributed by atoms with E-state index in [0.717, 1.165) is 32.4 Å². The van der Waals surface area contributed by atoms with Crippen molar-refractivity contribution in [1.29, 1.82) is 0 Å². The molecule has 0 aliphatic carbocycles. The lowest BCUT2D eigenvalue weighted by atomic mass is 10.1. The highest BCUT2D eigenvalue weighted by Crippen LogP contribution is 2.15. The summed E-state index contributed by atoms with van der Waals surface area (Å²) in [5.74, 6) is -0.0291. The van der Waals surface area contributed by atoms with Gasteiger partial charge in [0.15, 0.2) is 0 Å². The van der Waals surface area contributed by atoms with Gasteiger partial charge in [-0.05, 0) is 44.5 Å². The summed E-state index contributed by atoms with van der Waals surface area (Å²) in [6, 6.07) is 3.67. The molecule has 0 radical (unpaired) electrons.